The van der Waals surface area contributed by atoms with E-state index in [1.165, 1.54) is 11.0 Å². The zero-order valence-electron chi connectivity index (χ0n) is 15.7. The molecule has 0 atom stereocenters. The van der Waals surface area contributed by atoms with Crippen molar-refractivity contribution < 1.29 is 18.0 Å². The molecule has 4 rings (SSSR count). The molecule has 1 amide bonds. The molecular weight excluding hydrogens is 403 g/mol. The number of aromatic nitrogens is 8. The van der Waals surface area contributed by atoms with Crippen LogP contribution in [0.3, 0.4) is 0 Å². The Kier molecular flexibility index (Phi) is 4.64. The lowest BCUT2D eigenvalue weighted by molar-refractivity contribution is -0.144. The molecule has 0 saturated carbocycles. The van der Waals surface area contributed by atoms with E-state index in [0.29, 0.717) is 28.3 Å². The van der Waals surface area contributed by atoms with Crippen LogP contribution in [-0.4, -0.2) is 45.7 Å². The first-order valence-corrected chi connectivity index (χ1v) is 8.65. The second-order valence-corrected chi connectivity index (χ2v) is 6.44. The van der Waals surface area contributed by atoms with Gasteiger partial charge in [-0.25, -0.2) is 14.2 Å². The van der Waals surface area contributed by atoms with Gasteiger partial charge in [0.05, 0.1) is 12.1 Å². The van der Waals surface area contributed by atoms with Crippen LogP contribution in [0.25, 0.3) is 11.5 Å². The summed E-state index contributed by atoms with van der Waals surface area (Å²) in [6.07, 6.45) is -3.37. The third-order valence-electron chi connectivity index (χ3n) is 4.38. The maximum atomic E-state index is 12.9. The van der Waals surface area contributed by atoms with Crippen molar-refractivity contribution in [1.82, 2.24) is 39.8 Å². The van der Waals surface area contributed by atoms with Crippen LogP contribution in [0.5, 0.6) is 0 Å². The molecular formula is C17H14F3N9O. The van der Waals surface area contributed by atoms with Gasteiger partial charge >= 0.3 is 6.18 Å². The second-order valence-electron chi connectivity index (χ2n) is 6.44. The van der Waals surface area contributed by atoms with Gasteiger partial charge < -0.3 is 5.32 Å². The highest BCUT2D eigenvalue weighted by atomic mass is 19.4. The van der Waals surface area contributed by atoms with E-state index < -0.39 is 12.0 Å². The average molecular weight is 417 g/mol. The Balaban J connectivity index is 1.58. The van der Waals surface area contributed by atoms with Gasteiger partial charge in [-0.3, -0.25) is 4.79 Å². The first kappa shape index (κ1) is 19.4. The highest BCUT2D eigenvalue weighted by Gasteiger charge is 2.37. The number of tetrazole rings is 1. The van der Waals surface area contributed by atoms with E-state index in [4.69, 9.17) is 0 Å². The summed E-state index contributed by atoms with van der Waals surface area (Å²) in [5.41, 5.74) is 2.39. The number of benzene rings is 1. The number of aryl methyl sites for hydroxylation is 2. The third-order valence-corrected chi connectivity index (χ3v) is 4.38. The van der Waals surface area contributed by atoms with Crippen molar-refractivity contribution in [2.24, 2.45) is 0 Å². The molecule has 1 N–H and O–H groups in total. The number of hydrogen-bond donors (Lipinski definition) is 1. The minimum absolute atomic E-state index is 0.100. The number of carbonyl (C=O) groups is 1. The van der Waals surface area contributed by atoms with E-state index >= 15 is 0 Å². The SMILES string of the molecule is Cc1nc2nc(C(F)(F)F)nn2c(C)c1CC(=O)Nc1cccc(-n2cnnn2)c1. The Morgan fingerprint density at radius 3 is 2.70 bits per heavy atom. The number of anilines is 1. The Hall–Kier alpha value is -3.90. The summed E-state index contributed by atoms with van der Waals surface area (Å²) < 4.78 is 41.1. The first-order valence-electron chi connectivity index (χ1n) is 8.65. The maximum Gasteiger partial charge on any atom is 0.453 e. The number of fused-ring (bicyclic) bond motifs is 1. The molecule has 0 saturated heterocycles. The number of halogens is 3. The van der Waals surface area contributed by atoms with Gasteiger partial charge in [-0.15, -0.1) is 10.2 Å². The standard InChI is InChI=1S/C17H14F3N9O/c1-9-13(10(2)29-16(22-9)24-15(25-29)17(18,19)20)7-14(30)23-11-4-3-5-12(6-11)28-8-21-26-27-28/h3-6,8H,7H2,1-2H3,(H,23,30). The van der Waals surface area contributed by atoms with Crippen LogP contribution in [0.15, 0.2) is 30.6 Å². The molecule has 13 heteroatoms. The van der Waals surface area contributed by atoms with E-state index in [1.54, 1.807) is 38.1 Å². The van der Waals surface area contributed by atoms with Gasteiger partial charge in [0, 0.05) is 22.6 Å². The molecule has 0 radical (unpaired) electrons. The Morgan fingerprint density at radius 2 is 2.00 bits per heavy atom. The zero-order chi connectivity index (χ0) is 21.5. The molecule has 30 heavy (non-hydrogen) atoms. The van der Waals surface area contributed by atoms with Crippen LogP contribution in [0, 0.1) is 13.8 Å². The lowest BCUT2D eigenvalue weighted by atomic mass is 10.1. The number of carbonyl (C=O) groups excluding carboxylic acids is 1. The fraction of sp³-hybridized carbons (Fsp3) is 0.235. The smallest absolute Gasteiger partial charge is 0.326 e. The van der Waals surface area contributed by atoms with E-state index in [1.807, 2.05) is 0 Å². The van der Waals surface area contributed by atoms with Crippen molar-refractivity contribution in [1.29, 1.82) is 0 Å². The van der Waals surface area contributed by atoms with Crippen molar-refractivity contribution in [3.8, 4) is 5.69 Å². The Labute approximate surface area is 166 Å². The van der Waals surface area contributed by atoms with E-state index in [0.717, 1.165) is 4.52 Å². The molecule has 0 unspecified atom stereocenters. The van der Waals surface area contributed by atoms with Crippen LogP contribution in [0.2, 0.25) is 0 Å². The summed E-state index contributed by atoms with van der Waals surface area (Å²) in [7, 11) is 0. The summed E-state index contributed by atoms with van der Waals surface area (Å²) in [6, 6.07) is 6.87. The molecule has 0 spiro atoms. The average Bonchev–Trinajstić information content (AvgIpc) is 3.35. The minimum Gasteiger partial charge on any atom is -0.326 e. The van der Waals surface area contributed by atoms with Crippen molar-refractivity contribution in [3.05, 3.63) is 53.4 Å². The molecule has 154 valence electrons. The predicted octanol–water partition coefficient (Wildman–Crippen LogP) is 1.92. The molecule has 0 aliphatic rings. The van der Waals surface area contributed by atoms with Crippen molar-refractivity contribution in [2.45, 2.75) is 26.4 Å². The van der Waals surface area contributed by atoms with Crippen molar-refractivity contribution >= 4 is 17.4 Å². The van der Waals surface area contributed by atoms with Gasteiger partial charge in [0.15, 0.2) is 0 Å². The summed E-state index contributed by atoms with van der Waals surface area (Å²) in [5.74, 6) is -1.82. The first-order chi connectivity index (χ1) is 14.2. The summed E-state index contributed by atoms with van der Waals surface area (Å²) in [6.45, 7) is 3.17. The fourth-order valence-corrected chi connectivity index (χ4v) is 2.96. The van der Waals surface area contributed by atoms with E-state index in [9.17, 15) is 18.0 Å². The molecule has 0 aliphatic carbocycles. The normalized spacial score (nSPS) is 11.8. The molecule has 0 fully saturated rings. The highest BCUT2D eigenvalue weighted by molar-refractivity contribution is 5.92. The molecule has 0 aliphatic heterocycles. The van der Waals surface area contributed by atoms with Gasteiger partial charge in [0.2, 0.25) is 5.91 Å². The molecule has 4 aromatic rings. The topological polar surface area (TPSA) is 116 Å². The second kappa shape index (κ2) is 7.17. The van der Waals surface area contributed by atoms with Crippen LogP contribution in [-0.2, 0) is 17.4 Å². The van der Waals surface area contributed by atoms with E-state index in [2.05, 4.69) is 35.9 Å². The predicted molar refractivity (Wildman–Crippen MR) is 96.7 cm³/mol. The minimum atomic E-state index is -4.68. The molecule has 3 aromatic heterocycles. The quantitative estimate of drug-likeness (QED) is 0.539. The largest absolute Gasteiger partial charge is 0.453 e. The molecule has 0 bridgehead atoms. The summed E-state index contributed by atoms with van der Waals surface area (Å²) >= 11 is 0. The lowest BCUT2D eigenvalue weighted by Gasteiger charge is -2.11. The number of rotatable bonds is 4. The summed E-state index contributed by atoms with van der Waals surface area (Å²) in [5, 5.41) is 17.1. The van der Waals surface area contributed by atoms with Gasteiger partial charge in [0.25, 0.3) is 11.6 Å². The Morgan fingerprint density at radius 1 is 1.20 bits per heavy atom. The van der Waals surface area contributed by atoms with Gasteiger partial charge in [-0.05, 0) is 42.5 Å². The number of nitrogens with zero attached hydrogens (tertiary/aromatic N) is 8. The van der Waals surface area contributed by atoms with Crippen LogP contribution < -0.4 is 5.32 Å². The number of amides is 1. The van der Waals surface area contributed by atoms with Crippen LogP contribution >= 0.6 is 0 Å². The van der Waals surface area contributed by atoms with E-state index in [-0.39, 0.29) is 18.1 Å². The number of alkyl halides is 3. The number of nitrogens with one attached hydrogen (secondary N) is 1. The number of hydrogen-bond acceptors (Lipinski definition) is 7. The zero-order valence-corrected chi connectivity index (χ0v) is 15.7. The third kappa shape index (κ3) is 3.68. The van der Waals surface area contributed by atoms with Crippen molar-refractivity contribution in [3.63, 3.8) is 0 Å². The van der Waals surface area contributed by atoms with Gasteiger partial charge in [-0.2, -0.15) is 18.2 Å². The van der Waals surface area contributed by atoms with Gasteiger partial charge in [0.1, 0.15) is 6.33 Å². The molecule has 1 aromatic carbocycles. The molecule has 10 nitrogen and oxygen atoms in total. The summed E-state index contributed by atoms with van der Waals surface area (Å²) in [4.78, 5) is 20.1. The van der Waals surface area contributed by atoms with Crippen molar-refractivity contribution in [2.75, 3.05) is 5.32 Å². The maximum absolute atomic E-state index is 12.9. The van der Waals surface area contributed by atoms with Gasteiger partial charge in [-0.1, -0.05) is 6.07 Å². The highest BCUT2D eigenvalue weighted by Crippen LogP contribution is 2.27. The van der Waals surface area contributed by atoms with Crippen LogP contribution in [0.1, 0.15) is 22.8 Å². The molecule has 3 heterocycles. The lowest BCUT2D eigenvalue weighted by Crippen LogP contribution is -2.18. The van der Waals surface area contributed by atoms with Crippen LogP contribution in [0.4, 0.5) is 18.9 Å². The monoisotopic (exact) mass is 417 g/mol. The fourth-order valence-electron chi connectivity index (χ4n) is 2.96. The Bertz CT molecular complexity index is 1230.